The zero-order chi connectivity index (χ0) is 39.2. The van der Waals surface area contributed by atoms with Gasteiger partial charge >= 0.3 is 0 Å². The zero-order valence-corrected chi connectivity index (χ0v) is 30.9. The Balaban J connectivity index is -0.0000000152. The summed E-state index contributed by atoms with van der Waals surface area (Å²) in [4.78, 5) is 0. The Morgan fingerprint density at radius 1 is 0.349 bits per heavy atom. The maximum absolute atomic E-state index is 7.94. The number of allylic oxidation sites excluding steroid dienone is 8. The fourth-order valence-corrected chi connectivity index (χ4v) is 0.0913. The molecule has 0 heterocycles. The minimum Gasteiger partial charge on any atom is -0.394 e. The first-order chi connectivity index (χ1) is 20.6. The van der Waals surface area contributed by atoms with Crippen molar-refractivity contribution in [2.45, 2.75) is 55.4 Å². The number of hydrogen-bond donors (Lipinski definition) is 3. The molecule has 4 heteroatoms. The molecule has 0 saturated heterocycles. The molecular weight excluding hydrogens is 532 g/mol. The van der Waals surface area contributed by atoms with Crippen LogP contribution in [0.5, 0.6) is 0 Å². The van der Waals surface area contributed by atoms with Gasteiger partial charge in [-0.2, -0.15) is 0 Å². The molecule has 4 nitrogen and oxygen atoms in total. The van der Waals surface area contributed by atoms with E-state index >= 15 is 0 Å². The SMILES string of the molecule is C=C.C=C.C=C.C=C.C=C.C=CC.C=CC.C=CC.C=CC.C=CC.C=CC.C=CC.C=CC.COCCO.OCCO. The third-order valence-corrected chi connectivity index (χ3v) is 0.395. The highest BCUT2D eigenvalue weighted by molar-refractivity contribution is 4.53. The number of aliphatic hydroxyl groups is 3. The second kappa shape index (κ2) is 603. The monoisotopic (exact) mass is 615 g/mol. The van der Waals surface area contributed by atoms with E-state index in [9.17, 15) is 0 Å². The van der Waals surface area contributed by atoms with Crippen molar-refractivity contribution < 1.29 is 20.1 Å². The highest BCUT2D eigenvalue weighted by atomic mass is 16.5. The molecule has 0 saturated carbocycles. The van der Waals surface area contributed by atoms with Gasteiger partial charge in [0.15, 0.2) is 0 Å². The van der Waals surface area contributed by atoms with Gasteiger partial charge in [-0.1, -0.05) is 48.6 Å². The molecule has 3 N–H and O–H groups in total. The topological polar surface area (TPSA) is 69.9 Å². The van der Waals surface area contributed by atoms with E-state index in [0.29, 0.717) is 6.61 Å². The molecule has 262 valence electrons. The van der Waals surface area contributed by atoms with E-state index in [1.165, 1.54) is 0 Å². The molecule has 0 aliphatic carbocycles. The molecule has 0 amide bonds. The summed E-state index contributed by atoms with van der Waals surface area (Å²) in [5.74, 6) is 0. The average Bonchev–Trinajstić information content (AvgIpc) is 3.02. The molecule has 43 heavy (non-hydrogen) atoms. The maximum atomic E-state index is 7.94. The quantitative estimate of drug-likeness (QED) is 0.277. The van der Waals surface area contributed by atoms with Gasteiger partial charge in [-0.25, -0.2) is 0 Å². The van der Waals surface area contributed by atoms with Crippen molar-refractivity contribution in [3.8, 4) is 0 Å². The van der Waals surface area contributed by atoms with Crippen LogP contribution in [-0.2, 0) is 4.74 Å². The standard InChI is InChI=1S/C3H8O2.8C3H6.C2H6O2.5C2H4/c1-5-3-2-4;8*1-3-2;3-1-2-4;5*1-2/h4H,2-3H2,1H3;8*3H,1H2,2H3;3-4H,1-2H2;5*1-2H2. The number of hydrogen-bond acceptors (Lipinski definition) is 4. The Labute approximate surface area is 275 Å². The fraction of sp³-hybridized carbons (Fsp3) is 0.333. The molecule has 0 radical (unpaired) electrons. The second-order valence-electron chi connectivity index (χ2n) is 4.43. The van der Waals surface area contributed by atoms with Crippen molar-refractivity contribution >= 4 is 0 Å². The zero-order valence-electron chi connectivity index (χ0n) is 30.9. The van der Waals surface area contributed by atoms with E-state index in [0.717, 1.165) is 0 Å². The molecule has 0 aromatic carbocycles. The number of rotatable bonds is 3. The largest absolute Gasteiger partial charge is 0.394 e. The Morgan fingerprint density at radius 2 is 0.442 bits per heavy atom. The van der Waals surface area contributed by atoms with E-state index in [4.69, 9.17) is 15.3 Å². The van der Waals surface area contributed by atoms with Crippen LogP contribution in [-0.4, -0.2) is 48.9 Å². The molecule has 0 aromatic heterocycles. The highest BCUT2D eigenvalue weighted by Crippen LogP contribution is 1.56. The normalized spacial score (nSPS) is 4.56. The summed E-state index contributed by atoms with van der Waals surface area (Å²) in [6.07, 6.45) is 14.0. The lowest BCUT2D eigenvalue weighted by molar-refractivity contribution is 0.135. The average molecular weight is 615 g/mol. The van der Waals surface area contributed by atoms with Crippen LogP contribution >= 0.6 is 0 Å². The van der Waals surface area contributed by atoms with Gasteiger partial charge < -0.3 is 20.1 Å². The van der Waals surface area contributed by atoms with Crippen LogP contribution in [0.1, 0.15) is 55.4 Å². The van der Waals surface area contributed by atoms with Gasteiger partial charge in [-0.05, 0) is 55.4 Å². The van der Waals surface area contributed by atoms with E-state index in [1.54, 1.807) is 55.7 Å². The second-order valence-corrected chi connectivity index (χ2v) is 4.43. The molecule has 0 atom stereocenters. The van der Waals surface area contributed by atoms with Gasteiger partial charge in [0.05, 0.1) is 26.4 Å². The van der Waals surface area contributed by atoms with Crippen molar-refractivity contribution in [2.75, 3.05) is 33.5 Å². The summed E-state index contributed by atoms with van der Waals surface area (Å²) >= 11 is 0. The maximum Gasteiger partial charge on any atom is 0.0693 e. The lowest BCUT2D eigenvalue weighted by atomic mass is 10.8. The van der Waals surface area contributed by atoms with E-state index < -0.39 is 0 Å². The van der Waals surface area contributed by atoms with Crippen molar-refractivity contribution in [1.29, 1.82) is 0 Å². The predicted molar refractivity (Wildman–Crippen MR) is 216 cm³/mol. The minimum atomic E-state index is -0.125. The Morgan fingerprint density at radius 3 is 0.442 bits per heavy atom. The summed E-state index contributed by atoms with van der Waals surface area (Å²) in [6.45, 7) is 72.3. The van der Waals surface area contributed by atoms with Crippen LogP contribution in [0.2, 0.25) is 0 Å². The van der Waals surface area contributed by atoms with Gasteiger partial charge in [0, 0.05) is 7.11 Å². The van der Waals surface area contributed by atoms with Crippen molar-refractivity contribution in [3.05, 3.63) is 167 Å². The first-order valence-corrected chi connectivity index (χ1v) is 13.0. The molecular formula is C39H82O4. The Hall–Kier alpha value is -3.54. The predicted octanol–water partition coefficient (Wildman–Crippen LogP) is 12.1. The van der Waals surface area contributed by atoms with Gasteiger partial charge in [0.2, 0.25) is 0 Å². The third-order valence-electron chi connectivity index (χ3n) is 0.395. The molecule has 0 aliphatic rings. The van der Waals surface area contributed by atoms with Gasteiger partial charge in [-0.3, -0.25) is 0 Å². The molecule has 0 unspecified atom stereocenters. The van der Waals surface area contributed by atoms with Gasteiger partial charge in [-0.15, -0.1) is 118 Å². The molecule has 0 bridgehead atoms. The van der Waals surface area contributed by atoms with Crippen LogP contribution < -0.4 is 0 Å². The lowest BCUT2D eigenvalue weighted by Crippen LogP contribution is -1.91. The molecule has 0 fully saturated rings. The molecule has 0 aromatic rings. The van der Waals surface area contributed by atoms with Gasteiger partial charge in [0.25, 0.3) is 0 Å². The summed E-state index contributed by atoms with van der Waals surface area (Å²) < 4.78 is 4.44. The van der Waals surface area contributed by atoms with Crippen LogP contribution in [0.15, 0.2) is 167 Å². The summed E-state index contributed by atoms with van der Waals surface area (Å²) in [5, 5.41) is 23.2. The first-order valence-electron chi connectivity index (χ1n) is 13.0. The number of methoxy groups -OCH3 is 1. The van der Waals surface area contributed by atoms with Crippen LogP contribution in [0.25, 0.3) is 0 Å². The summed E-state index contributed by atoms with van der Waals surface area (Å²) in [5.41, 5.74) is 0. The molecule has 0 spiro atoms. The van der Waals surface area contributed by atoms with Crippen molar-refractivity contribution in [2.24, 2.45) is 0 Å². The van der Waals surface area contributed by atoms with Crippen LogP contribution in [0.3, 0.4) is 0 Å². The van der Waals surface area contributed by atoms with E-state index in [1.807, 2.05) is 55.4 Å². The smallest absolute Gasteiger partial charge is 0.0693 e. The van der Waals surface area contributed by atoms with Crippen LogP contribution in [0.4, 0.5) is 0 Å². The minimum absolute atomic E-state index is 0.122. The van der Waals surface area contributed by atoms with E-state index in [2.05, 4.69) is 123 Å². The Kier molecular flexibility index (Phi) is 1370. The molecule has 0 rings (SSSR count). The van der Waals surface area contributed by atoms with Crippen LogP contribution in [0, 0.1) is 0 Å². The Bertz CT molecular complexity index is 262. The van der Waals surface area contributed by atoms with Gasteiger partial charge in [0.1, 0.15) is 0 Å². The summed E-state index contributed by atoms with van der Waals surface area (Å²) in [6, 6.07) is 0. The lowest BCUT2D eigenvalue weighted by Gasteiger charge is -1.84. The van der Waals surface area contributed by atoms with Crippen molar-refractivity contribution in [1.82, 2.24) is 0 Å². The fourth-order valence-electron chi connectivity index (χ4n) is 0.0913. The molecule has 0 aliphatic heterocycles. The van der Waals surface area contributed by atoms with E-state index in [-0.39, 0.29) is 19.8 Å². The number of aliphatic hydroxyl groups excluding tert-OH is 3. The third kappa shape index (κ3) is 175000. The van der Waals surface area contributed by atoms with Crippen molar-refractivity contribution in [3.63, 3.8) is 0 Å². The highest BCUT2D eigenvalue weighted by Gasteiger charge is 1.67. The first kappa shape index (κ1) is 97.6. The summed E-state index contributed by atoms with van der Waals surface area (Å²) in [7, 11) is 1.55. The number of ether oxygens (including phenoxy) is 1.